The molecule has 36 heavy (non-hydrogen) atoms. The third-order valence-corrected chi connectivity index (χ3v) is 10.6. The molecule has 8 heteroatoms. The molecule has 0 bridgehead atoms. The average molecular weight is 508 g/mol. The Balaban J connectivity index is 1.56. The van der Waals surface area contributed by atoms with E-state index >= 15 is 8.78 Å². The Labute approximate surface area is 211 Å². The Hall–Kier alpha value is -1.64. The number of carbonyl (C=O) groups excluding carboxylic acids is 1. The largest absolute Gasteiger partial charge is 0.479 e. The predicted octanol–water partition coefficient (Wildman–Crippen LogP) is 4.57. The van der Waals surface area contributed by atoms with Gasteiger partial charge in [0.2, 0.25) is 0 Å². The number of ketones is 1. The summed E-state index contributed by atoms with van der Waals surface area (Å²) in [6.07, 6.45) is 4.56. The Morgan fingerprint density at radius 1 is 1.22 bits per heavy atom. The fourth-order valence-electron chi connectivity index (χ4n) is 8.96. The first-order valence-electron chi connectivity index (χ1n) is 13.6. The standard InChI is InChI=1S/C28H39F2NO5/c1-5-7-17(8-6-2)31-15-16-11-19-20-13-22(29)21-12-18(32)9-10-25(21,3)27(20,30)23(33)14-26(19,4)28(16,36-31)24(34)35/h9-10,12,16-17,19-20,22-23,33H,5-8,11,13-15H2,1-4H3,(H,34,35)/t16-,19-,20-,22-,23-,25-,26-,27-,28-/m0/s1. The number of halogens is 2. The number of aliphatic hydroxyl groups is 1. The topological polar surface area (TPSA) is 87.1 Å². The van der Waals surface area contributed by atoms with Crippen LogP contribution in [-0.2, 0) is 14.4 Å². The van der Waals surface area contributed by atoms with Gasteiger partial charge in [0.25, 0.3) is 0 Å². The molecule has 0 aromatic carbocycles. The van der Waals surface area contributed by atoms with Gasteiger partial charge in [0.05, 0.1) is 6.10 Å². The summed E-state index contributed by atoms with van der Waals surface area (Å²) in [4.78, 5) is 31.5. The first-order valence-corrected chi connectivity index (χ1v) is 13.6. The summed E-state index contributed by atoms with van der Waals surface area (Å²) in [7, 11) is 0. The van der Waals surface area contributed by atoms with E-state index in [4.69, 9.17) is 4.84 Å². The fourth-order valence-corrected chi connectivity index (χ4v) is 8.96. The second kappa shape index (κ2) is 8.43. The molecule has 5 rings (SSSR count). The first kappa shape index (κ1) is 26.0. The number of alkyl halides is 2. The van der Waals surface area contributed by atoms with Gasteiger partial charge in [-0.25, -0.2) is 13.6 Å². The molecular weight excluding hydrogens is 468 g/mol. The van der Waals surface area contributed by atoms with Gasteiger partial charge in [-0.2, -0.15) is 5.06 Å². The lowest BCUT2D eigenvalue weighted by molar-refractivity contribution is -0.282. The van der Waals surface area contributed by atoms with Gasteiger partial charge in [0.15, 0.2) is 17.1 Å². The molecule has 0 aromatic heterocycles. The SMILES string of the molecule is CCCC(CCC)N1C[C@@H]2C[C@H]3[C@@H]4C[C@H](F)C5=CC(=O)C=C[C@]5(C)[C@@]4(F)[C@@H](O)C[C@]3(C)[C@]2(C(=O)O)O1. The van der Waals surface area contributed by atoms with Gasteiger partial charge in [-0.1, -0.05) is 39.7 Å². The molecule has 4 aliphatic carbocycles. The highest BCUT2D eigenvalue weighted by Gasteiger charge is 2.80. The molecule has 6 nitrogen and oxygen atoms in total. The van der Waals surface area contributed by atoms with Gasteiger partial charge in [-0.3, -0.25) is 9.63 Å². The molecule has 0 spiro atoms. The van der Waals surface area contributed by atoms with Crippen LogP contribution in [0.2, 0.25) is 0 Å². The Kier molecular flexibility index (Phi) is 6.09. The molecule has 0 unspecified atom stereocenters. The number of rotatable bonds is 6. The quantitative estimate of drug-likeness (QED) is 0.548. The number of hydrogen-bond donors (Lipinski definition) is 2. The monoisotopic (exact) mass is 507 g/mol. The summed E-state index contributed by atoms with van der Waals surface area (Å²) in [6, 6.07) is 0.0964. The van der Waals surface area contributed by atoms with Gasteiger partial charge in [0, 0.05) is 35.3 Å². The molecule has 1 saturated heterocycles. The lowest BCUT2D eigenvalue weighted by atomic mass is 9.44. The zero-order valence-corrected chi connectivity index (χ0v) is 21.7. The van der Waals surface area contributed by atoms with Crippen molar-refractivity contribution < 1.29 is 33.4 Å². The van der Waals surface area contributed by atoms with Crippen LogP contribution in [0.1, 0.15) is 72.6 Å². The Bertz CT molecular complexity index is 1010. The number of carbonyl (C=O) groups is 2. The van der Waals surface area contributed by atoms with Crippen LogP contribution in [0.4, 0.5) is 8.78 Å². The molecule has 5 aliphatic rings. The van der Waals surface area contributed by atoms with Crippen LogP contribution in [0.15, 0.2) is 23.8 Å². The van der Waals surface area contributed by atoms with Crippen LogP contribution in [0.5, 0.6) is 0 Å². The molecule has 200 valence electrons. The minimum atomic E-state index is -2.21. The van der Waals surface area contributed by atoms with Crippen LogP contribution in [0, 0.1) is 28.6 Å². The van der Waals surface area contributed by atoms with E-state index in [2.05, 4.69) is 13.8 Å². The number of fused-ring (bicyclic) bond motifs is 7. The number of nitrogens with zero attached hydrogens (tertiary/aromatic N) is 1. The van der Waals surface area contributed by atoms with Gasteiger partial charge in [-0.05, 0) is 62.7 Å². The van der Waals surface area contributed by atoms with Crippen molar-refractivity contribution in [3.63, 3.8) is 0 Å². The third kappa shape index (κ3) is 3.04. The van der Waals surface area contributed by atoms with Gasteiger partial charge in [0.1, 0.15) is 6.17 Å². The van der Waals surface area contributed by atoms with Crippen LogP contribution < -0.4 is 0 Å². The second-order valence-electron chi connectivity index (χ2n) is 12.3. The van der Waals surface area contributed by atoms with Crippen molar-refractivity contribution in [2.24, 2.45) is 28.6 Å². The number of hydroxylamine groups is 2. The molecule has 4 fully saturated rings. The van der Waals surface area contributed by atoms with E-state index in [1.807, 2.05) is 5.06 Å². The lowest BCUT2D eigenvalue weighted by Gasteiger charge is -2.63. The number of aliphatic carboxylic acids is 1. The van der Waals surface area contributed by atoms with Crippen molar-refractivity contribution in [1.29, 1.82) is 0 Å². The van der Waals surface area contributed by atoms with Crippen LogP contribution >= 0.6 is 0 Å². The summed E-state index contributed by atoms with van der Waals surface area (Å²) < 4.78 is 32.9. The molecule has 0 aromatic rings. The molecule has 3 saturated carbocycles. The maximum atomic E-state index is 17.3. The lowest BCUT2D eigenvalue weighted by Crippen LogP contribution is -2.70. The molecule has 9 atom stereocenters. The minimum Gasteiger partial charge on any atom is -0.479 e. The molecule has 0 amide bonds. The van der Waals surface area contributed by atoms with Crippen molar-refractivity contribution in [2.75, 3.05) is 6.54 Å². The smallest absolute Gasteiger partial charge is 0.339 e. The maximum absolute atomic E-state index is 17.3. The van der Waals surface area contributed by atoms with E-state index < -0.39 is 52.2 Å². The number of allylic oxidation sites excluding steroid dienone is 4. The van der Waals surface area contributed by atoms with Crippen molar-refractivity contribution in [3.8, 4) is 0 Å². The fraction of sp³-hybridized carbons (Fsp3) is 0.786. The van der Waals surface area contributed by atoms with Crippen LogP contribution in [0.25, 0.3) is 0 Å². The summed E-state index contributed by atoms with van der Waals surface area (Å²) >= 11 is 0. The normalized spacial score (nSPS) is 47.8. The third-order valence-electron chi connectivity index (χ3n) is 10.6. The van der Waals surface area contributed by atoms with Crippen molar-refractivity contribution in [3.05, 3.63) is 23.8 Å². The highest BCUT2D eigenvalue weighted by molar-refractivity contribution is 6.01. The van der Waals surface area contributed by atoms with Gasteiger partial charge >= 0.3 is 5.97 Å². The maximum Gasteiger partial charge on any atom is 0.339 e. The number of hydrogen-bond acceptors (Lipinski definition) is 5. The number of aliphatic hydroxyl groups excluding tert-OH is 1. The van der Waals surface area contributed by atoms with E-state index in [0.29, 0.717) is 13.0 Å². The highest BCUT2D eigenvalue weighted by Crippen LogP contribution is 2.72. The van der Waals surface area contributed by atoms with Crippen LogP contribution in [-0.4, -0.2) is 63.2 Å². The van der Waals surface area contributed by atoms with E-state index in [9.17, 15) is 19.8 Å². The minimum absolute atomic E-state index is 0.0759. The summed E-state index contributed by atoms with van der Waals surface area (Å²) in [5, 5.41) is 24.0. The molecule has 0 radical (unpaired) electrons. The van der Waals surface area contributed by atoms with Crippen molar-refractivity contribution >= 4 is 11.8 Å². The van der Waals surface area contributed by atoms with E-state index in [-0.39, 0.29) is 36.2 Å². The summed E-state index contributed by atoms with van der Waals surface area (Å²) in [5.74, 6) is -3.24. The van der Waals surface area contributed by atoms with Gasteiger partial charge < -0.3 is 10.2 Å². The molecular formula is C28H39F2NO5. The zero-order chi connectivity index (χ0) is 26.3. The van der Waals surface area contributed by atoms with Crippen molar-refractivity contribution in [2.45, 2.75) is 102 Å². The number of carboxylic acids is 1. The van der Waals surface area contributed by atoms with E-state index in [1.165, 1.54) is 18.2 Å². The molecule has 1 aliphatic heterocycles. The Morgan fingerprint density at radius 3 is 2.50 bits per heavy atom. The first-order chi connectivity index (χ1) is 16.9. The second-order valence-corrected chi connectivity index (χ2v) is 12.3. The molecule has 1 heterocycles. The van der Waals surface area contributed by atoms with Crippen LogP contribution in [0.3, 0.4) is 0 Å². The zero-order valence-electron chi connectivity index (χ0n) is 21.7. The Morgan fingerprint density at radius 2 is 1.89 bits per heavy atom. The average Bonchev–Trinajstić information content (AvgIpc) is 3.31. The van der Waals surface area contributed by atoms with Crippen molar-refractivity contribution in [1.82, 2.24) is 5.06 Å². The van der Waals surface area contributed by atoms with E-state index in [1.54, 1.807) is 13.8 Å². The van der Waals surface area contributed by atoms with Gasteiger partial charge in [-0.15, -0.1) is 0 Å². The number of carboxylic acid groups (broad SMARTS) is 1. The summed E-state index contributed by atoms with van der Waals surface area (Å²) in [6.45, 7) is 7.98. The highest BCUT2D eigenvalue weighted by atomic mass is 19.1. The predicted molar refractivity (Wildman–Crippen MR) is 129 cm³/mol. The summed E-state index contributed by atoms with van der Waals surface area (Å²) in [5.41, 5.74) is -6.29. The molecule has 2 N–H and O–H groups in total. The van der Waals surface area contributed by atoms with E-state index in [0.717, 1.165) is 25.7 Å².